The number of aromatic nitrogens is 1. The summed E-state index contributed by atoms with van der Waals surface area (Å²) in [5, 5.41) is 9.25. The zero-order valence-corrected chi connectivity index (χ0v) is 6.67. The monoisotopic (exact) mass is 203 g/mol. The molecule has 14 heavy (non-hydrogen) atoms. The number of furan rings is 1. The summed E-state index contributed by atoms with van der Waals surface area (Å²) in [6.45, 7) is 0. The summed E-state index contributed by atoms with van der Waals surface area (Å²) in [5.74, 6) is -0.221. The number of nitrogens with zero attached hydrogens (tertiary/aromatic N) is 1. The van der Waals surface area contributed by atoms with Crippen LogP contribution in [0.4, 0.5) is 13.2 Å². The van der Waals surface area contributed by atoms with Crippen LogP contribution in [-0.4, -0.2) is 10.1 Å². The molecule has 0 aliphatic rings. The lowest BCUT2D eigenvalue weighted by atomic mass is 10.3. The Bertz CT molecular complexity index is 475. The third kappa shape index (κ3) is 1.28. The molecular formula is C8H4F3NO2. The Kier molecular flexibility index (Phi) is 1.67. The van der Waals surface area contributed by atoms with Gasteiger partial charge in [-0.05, 0) is 12.1 Å². The van der Waals surface area contributed by atoms with Crippen molar-refractivity contribution in [1.29, 1.82) is 0 Å². The van der Waals surface area contributed by atoms with Crippen molar-refractivity contribution in [3.63, 3.8) is 0 Å². The summed E-state index contributed by atoms with van der Waals surface area (Å²) in [7, 11) is 0. The molecule has 2 rings (SSSR count). The van der Waals surface area contributed by atoms with Gasteiger partial charge in [-0.1, -0.05) is 0 Å². The molecule has 2 aromatic rings. The van der Waals surface area contributed by atoms with E-state index in [1.807, 2.05) is 0 Å². The predicted octanol–water partition coefficient (Wildman–Crippen LogP) is 2.55. The third-order valence-electron chi connectivity index (χ3n) is 1.71. The van der Waals surface area contributed by atoms with Gasteiger partial charge in [0, 0.05) is 0 Å². The van der Waals surface area contributed by atoms with Crippen molar-refractivity contribution in [3.05, 3.63) is 24.1 Å². The van der Waals surface area contributed by atoms with Crippen molar-refractivity contribution in [2.45, 2.75) is 6.18 Å². The van der Waals surface area contributed by atoms with Gasteiger partial charge < -0.3 is 9.52 Å². The van der Waals surface area contributed by atoms with E-state index in [9.17, 15) is 13.2 Å². The lowest BCUT2D eigenvalue weighted by Gasteiger charge is -2.03. The molecule has 1 N–H and O–H groups in total. The Morgan fingerprint density at radius 2 is 2.00 bits per heavy atom. The van der Waals surface area contributed by atoms with Gasteiger partial charge >= 0.3 is 6.18 Å². The Morgan fingerprint density at radius 3 is 2.64 bits per heavy atom. The fourth-order valence-electron chi connectivity index (χ4n) is 1.06. The van der Waals surface area contributed by atoms with Crippen molar-refractivity contribution in [2.24, 2.45) is 0 Å². The number of pyridine rings is 1. The van der Waals surface area contributed by atoms with Crippen molar-refractivity contribution < 1.29 is 22.7 Å². The second-order valence-corrected chi connectivity index (χ2v) is 2.67. The molecule has 6 heteroatoms. The first-order valence-corrected chi connectivity index (χ1v) is 3.63. The highest BCUT2D eigenvalue weighted by molar-refractivity contribution is 5.80. The summed E-state index contributed by atoms with van der Waals surface area (Å²) in [6.07, 6.45) is -3.56. The zero-order chi connectivity index (χ0) is 10.3. The molecule has 3 nitrogen and oxygen atoms in total. The second kappa shape index (κ2) is 2.63. The average molecular weight is 203 g/mol. The number of hydrogen-bond donors (Lipinski definition) is 1. The van der Waals surface area contributed by atoms with Gasteiger partial charge in [0.05, 0.1) is 5.39 Å². The molecule has 0 saturated heterocycles. The normalized spacial score (nSPS) is 12.2. The maximum atomic E-state index is 12.2. The topological polar surface area (TPSA) is 46.3 Å². The third-order valence-corrected chi connectivity index (χ3v) is 1.71. The average Bonchev–Trinajstić information content (AvgIpc) is 2.46. The summed E-state index contributed by atoms with van der Waals surface area (Å²) in [5.41, 5.74) is -1.27. The zero-order valence-electron chi connectivity index (χ0n) is 6.67. The van der Waals surface area contributed by atoms with Gasteiger partial charge in [-0.3, -0.25) is 0 Å². The molecule has 0 unspecified atom stereocenters. The molecule has 0 fully saturated rings. The van der Waals surface area contributed by atoms with Gasteiger partial charge in [-0.2, -0.15) is 13.2 Å². The van der Waals surface area contributed by atoms with Crippen LogP contribution >= 0.6 is 0 Å². The van der Waals surface area contributed by atoms with Gasteiger partial charge in [0.25, 0.3) is 0 Å². The van der Waals surface area contributed by atoms with Gasteiger partial charge in [0.15, 0.2) is 5.75 Å². The lowest BCUT2D eigenvalue weighted by Crippen LogP contribution is -2.07. The maximum absolute atomic E-state index is 12.2. The van der Waals surface area contributed by atoms with Gasteiger partial charge in [0.1, 0.15) is 12.0 Å². The molecule has 0 atom stereocenters. The molecule has 0 saturated carbocycles. The van der Waals surface area contributed by atoms with E-state index in [0.29, 0.717) is 0 Å². The fourth-order valence-corrected chi connectivity index (χ4v) is 1.06. The van der Waals surface area contributed by atoms with Crippen molar-refractivity contribution in [3.8, 4) is 5.75 Å². The molecular weight excluding hydrogens is 199 g/mol. The Morgan fingerprint density at radius 1 is 1.29 bits per heavy atom. The molecule has 0 bridgehead atoms. The second-order valence-electron chi connectivity index (χ2n) is 2.67. The number of hydrogen-bond acceptors (Lipinski definition) is 3. The molecule has 74 valence electrons. The smallest absolute Gasteiger partial charge is 0.433 e. The summed E-state index contributed by atoms with van der Waals surface area (Å²) >= 11 is 0. The van der Waals surface area contributed by atoms with E-state index in [-0.39, 0.29) is 16.8 Å². The minimum Gasteiger partial charge on any atom is -0.504 e. The first-order chi connectivity index (χ1) is 6.48. The highest BCUT2D eigenvalue weighted by Gasteiger charge is 2.33. The number of halogens is 3. The van der Waals surface area contributed by atoms with Crippen LogP contribution in [0.25, 0.3) is 11.1 Å². The van der Waals surface area contributed by atoms with Gasteiger partial charge in [-0.15, -0.1) is 0 Å². The number of rotatable bonds is 0. The van der Waals surface area contributed by atoms with Crippen LogP contribution in [0, 0.1) is 0 Å². The maximum Gasteiger partial charge on any atom is 0.433 e. The van der Waals surface area contributed by atoms with E-state index >= 15 is 0 Å². The van der Waals surface area contributed by atoms with Crippen molar-refractivity contribution in [2.75, 3.05) is 0 Å². The van der Waals surface area contributed by atoms with Crippen LogP contribution in [0.1, 0.15) is 5.69 Å². The molecule has 2 aromatic heterocycles. The van der Waals surface area contributed by atoms with E-state index in [4.69, 9.17) is 5.11 Å². The van der Waals surface area contributed by atoms with Gasteiger partial charge in [-0.25, -0.2) is 4.98 Å². The van der Waals surface area contributed by atoms with Crippen molar-refractivity contribution >= 4 is 11.1 Å². The molecule has 0 spiro atoms. The van der Waals surface area contributed by atoms with Crippen LogP contribution in [0.15, 0.2) is 22.8 Å². The molecule has 0 radical (unpaired) electrons. The molecule has 0 aliphatic carbocycles. The highest BCUT2D eigenvalue weighted by Crippen LogP contribution is 2.31. The Labute approximate surface area is 75.8 Å². The molecule has 0 aliphatic heterocycles. The largest absolute Gasteiger partial charge is 0.504 e. The van der Waals surface area contributed by atoms with Gasteiger partial charge in [0.2, 0.25) is 5.71 Å². The first kappa shape index (κ1) is 8.86. The van der Waals surface area contributed by atoms with Crippen molar-refractivity contribution in [1.82, 2.24) is 4.98 Å². The predicted molar refractivity (Wildman–Crippen MR) is 40.7 cm³/mol. The molecule has 0 aromatic carbocycles. The SMILES string of the molecule is Oc1coc2nc(C(F)(F)F)ccc12. The molecule has 2 heterocycles. The van der Waals surface area contributed by atoms with E-state index in [0.717, 1.165) is 18.4 Å². The Balaban J connectivity index is 2.63. The molecule has 0 amide bonds. The minimum atomic E-state index is -4.50. The number of fused-ring (bicyclic) bond motifs is 1. The van der Waals surface area contributed by atoms with Crippen LogP contribution in [0.3, 0.4) is 0 Å². The van der Waals surface area contributed by atoms with E-state index in [2.05, 4.69) is 9.40 Å². The number of alkyl halides is 3. The minimum absolute atomic E-state index is 0.165. The van der Waals surface area contributed by atoms with Crippen LogP contribution in [0.2, 0.25) is 0 Å². The van der Waals surface area contributed by atoms with Crippen LogP contribution in [-0.2, 0) is 6.18 Å². The van der Waals surface area contributed by atoms with Crippen LogP contribution in [0.5, 0.6) is 5.75 Å². The van der Waals surface area contributed by atoms with E-state index in [1.54, 1.807) is 0 Å². The quantitative estimate of drug-likeness (QED) is 0.715. The lowest BCUT2D eigenvalue weighted by molar-refractivity contribution is -0.141. The summed E-state index contributed by atoms with van der Waals surface area (Å²) in [4.78, 5) is 3.22. The number of aromatic hydroxyl groups is 1. The standard InChI is InChI=1S/C8H4F3NO2/c9-8(10,11)6-2-1-4-5(13)3-14-7(4)12-6/h1-3,13H. The summed E-state index contributed by atoms with van der Waals surface area (Å²) in [6, 6.07) is 1.90. The van der Waals surface area contributed by atoms with E-state index in [1.165, 1.54) is 0 Å². The fraction of sp³-hybridized carbons (Fsp3) is 0.125. The van der Waals surface area contributed by atoms with Crippen LogP contribution < -0.4 is 0 Å². The highest BCUT2D eigenvalue weighted by atomic mass is 19.4. The summed E-state index contributed by atoms with van der Waals surface area (Å²) < 4.78 is 41.1. The first-order valence-electron chi connectivity index (χ1n) is 3.63. The van der Waals surface area contributed by atoms with E-state index < -0.39 is 11.9 Å². The Hall–Kier alpha value is -1.72.